The van der Waals surface area contributed by atoms with E-state index < -0.39 is 0 Å². The van der Waals surface area contributed by atoms with Crippen LogP contribution in [0.4, 0.5) is 0 Å². The second-order valence-corrected chi connectivity index (χ2v) is 6.79. The third-order valence-corrected chi connectivity index (χ3v) is 4.92. The van der Waals surface area contributed by atoms with Gasteiger partial charge >= 0.3 is 0 Å². The molecule has 1 saturated carbocycles. The SMILES string of the molecule is CCNC(=NCCCN1CCOCC1)NCCC1CCCCC1.I. The highest BCUT2D eigenvalue weighted by molar-refractivity contribution is 14.0. The number of morpholine rings is 1. The Kier molecular flexibility index (Phi) is 12.9. The van der Waals surface area contributed by atoms with E-state index in [0.717, 1.165) is 70.8 Å². The van der Waals surface area contributed by atoms with E-state index >= 15 is 0 Å². The number of aliphatic imine (C=N–C) groups is 1. The normalized spacial score (nSPS) is 20.5. The van der Waals surface area contributed by atoms with Crippen LogP contribution in [0.15, 0.2) is 4.99 Å². The highest BCUT2D eigenvalue weighted by Crippen LogP contribution is 2.25. The molecule has 0 radical (unpaired) electrons. The predicted octanol–water partition coefficient (Wildman–Crippen LogP) is 2.85. The predicted molar refractivity (Wildman–Crippen MR) is 112 cm³/mol. The Morgan fingerprint density at radius 1 is 1.12 bits per heavy atom. The van der Waals surface area contributed by atoms with Crippen molar-refractivity contribution >= 4 is 29.9 Å². The lowest BCUT2D eigenvalue weighted by atomic mass is 9.87. The van der Waals surface area contributed by atoms with Gasteiger partial charge in [0.1, 0.15) is 0 Å². The Balaban J connectivity index is 0.00000288. The molecule has 1 saturated heterocycles. The van der Waals surface area contributed by atoms with Crippen molar-refractivity contribution in [2.24, 2.45) is 10.9 Å². The van der Waals surface area contributed by atoms with E-state index in [1.807, 2.05) is 0 Å². The maximum atomic E-state index is 5.38. The van der Waals surface area contributed by atoms with Crippen LogP contribution in [-0.4, -0.2) is 63.3 Å². The second-order valence-electron chi connectivity index (χ2n) is 6.79. The van der Waals surface area contributed by atoms with Gasteiger partial charge in [0.15, 0.2) is 5.96 Å². The topological polar surface area (TPSA) is 48.9 Å². The smallest absolute Gasteiger partial charge is 0.191 e. The highest BCUT2D eigenvalue weighted by atomic mass is 127. The van der Waals surface area contributed by atoms with Crippen LogP contribution in [0, 0.1) is 5.92 Å². The molecule has 2 aliphatic rings. The minimum atomic E-state index is 0. The van der Waals surface area contributed by atoms with Crippen molar-refractivity contribution in [2.45, 2.75) is 51.9 Å². The molecule has 2 fully saturated rings. The van der Waals surface area contributed by atoms with Crippen LogP contribution in [0.5, 0.6) is 0 Å². The van der Waals surface area contributed by atoms with E-state index in [0.29, 0.717) is 0 Å². The van der Waals surface area contributed by atoms with Crippen molar-refractivity contribution in [1.29, 1.82) is 0 Å². The van der Waals surface area contributed by atoms with Crippen molar-refractivity contribution < 1.29 is 4.74 Å². The van der Waals surface area contributed by atoms with Crippen LogP contribution < -0.4 is 10.6 Å². The minimum Gasteiger partial charge on any atom is -0.379 e. The summed E-state index contributed by atoms with van der Waals surface area (Å²) in [5.41, 5.74) is 0. The van der Waals surface area contributed by atoms with E-state index in [1.165, 1.54) is 38.5 Å². The molecule has 6 heteroatoms. The van der Waals surface area contributed by atoms with Gasteiger partial charge in [-0.15, -0.1) is 24.0 Å². The molecule has 142 valence electrons. The zero-order valence-electron chi connectivity index (χ0n) is 15.4. The number of hydrogen-bond donors (Lipinski definition) is 2. The fourth-order valence-electron chi connectivity index (χ4n) is 3.52. The summed E-state index contributed by atoms with van der Waals surface area (Å²) in [4.78, 5) is 7.19. The van der Waals surface area contributed by atoms with Crippen LogP contribution >= 0.6 is 24.0 Å². The molecule has 0 aromatic rings. The van der Waals surface area contributed by atoms with Crippen LogP contribution in [-0.2, 0) is 4.74 Å². The number of guanidine groups is 1. The van der Waals surface area contributed by atoms with Crippen molar-refractivity contribution in [3.05, 3.63) is 0 Å². The zero-order chi connectivity index (χ0) is 16.2. The van der Waals surface area contributed by atoms with Crippen LogP contribution in [0.25, 0.3) is 0 Å². The highest BCUT2D eigenvalue weighted by Gasteiger charge is 2.13. The lowest BCUT2D eigenvalue weighted by Gasteiger charge is -2.26. The molecule has 2 N–H and O–H groups in total. The molecule has 2 rings (SSSR count). The Morgan fingerprint density at radius 3 is 2.58 bits per heavy atom. The summed E-state index contributed by atoms with van der Waals surface area (Å²) in [6.07, 6.45) is 9.57. The number of nitrogens with zero attached hydrogens (tertiary/aromatic N) is 2. The molecule has 0 unspecified atom stereocenters. The van der Waals surface area contributed by atoms with Gasteiger partial charge < -0.3 is 15.4 Å². The molecule has 0 aromatic carbocycles. The van der Waals surface area contributed by atoms with E-state index in [9.17, 15) is 0 Å². The Morgan fingerprint density at radius 2 is 1.88 bits per heavy atom. The average Bonchev–Trinajstić information content (AvgIpc) is 2.60. The van der Waals surface area contributed by atoms with Crippen LogP contribution in [0.1, 0.15) is 51.9 Å². The maximum Gasteiger partial charge on any atom is 0.191 e. The van der Waals surface area contributed by atoms with Gasteiger partial charge in [0.2, 0.25) is 0 Å². The monoisotopic (exact) mass is 452 g/mol. The summed E-state index contributed by atoms with van der Waals surface area (Å²) in [6.45, 7) is 10.1. The van der Waals surface area contributed by atoms with Crippen molar-refractivity contribution in [2.75, 3.05) is 52.5 Å². The van der Waals surface area contributed by atoms with E-state index in [4.69, 9.17) is 9.73 Å². The van der Waals surface area contributed by atoms with Crippen LogP contribution in [0.2, 0.25) is 0 Å². The molecule has 1 aliphatic heterocycles. The van der Waals surface area contributed by atoms with Gasteiger partial charge in [0, 0.05) is 39.3 Å². The fraction of sp³-hybridized carbons (Fsp3) is 0.944. The van der Waals surface area contributed by atoms with Gasteiger partial charge in [-0.25, -0.2) is 0 Å². The first-order valence-corrected chi connectivity index (χ1v) is 9.70. The number of rotatable bonds is 8. The first-order chi connectivity index (χ1) is 11.4. The number of nitrogens with one attached hydrogen (secondary N) is 2. The largest absolute Gasteiger partial charge is 0.379 e. The van der Waals surface area contributed by atoms with Gasteiger partial charge in [-0.05, 0) is 25.7 Å². The van der Waals surface area contributed by atoms with Gasteiger partial charge in [0.25, 0.3) is 0 Å². The molecule has 0 bridgehead atoms. The average molecular weight is 452 g/mol. The maximum absolute atomic E-state index is 5.38. The van der Waals surface area contributed by atoms with E-state index in [2.05, 4.69) is 22.5 Å². The summed E-state index contributed by atoms with van der Waals surface area (Å²) in [5, 5.41) is 6.88. The number of halogens is 1. The molecule has 5 nitrogen and oxygen atoms in total. The van der Waals surface area contributed by atoms with Crippen molar-refractivity contribution in [3.8, 4) is 0 Å². The molecular formula is C18H37IN4O. The Bertz CT molecular complexity index is 329. The van der Waals surface area contributed by atoms with Crippen molar-refractivity contribution in [3.63, 3.8) is 0 Å². The Labute approximate surface area is 165 Å². The van der Waals surface area contributed by atoms with E-state index in [-0.39, 0.29) is 24.0 Å². The Hall–Kier alpha value is -0.0800. The molecule has 0 aromatic heterocycles. The second kappa shape index (κ2) is 14.1. The molecule has 1 aliphatic carbocycles. The number of hydrogen-bond acceptors (Lipinski definition) is 3. The molecule has 0 spiro atoms. The fourth-order valence-corrected chi connectivity index (χ4v) is 3.52. The standard InChI is InChI=1S/C18H36N4O.HI/c1-2-19-18(21-11-9-17-7-4-3-5-8-17)20-10-6-12-22-13-15-23-16-14-22;/h17H,2-16H2,1H3,(H2,19,20,21);1H. The summed E-state index contributed by atoms with van der Waals surface area (Å²) in [6, 6.07) is 0. The van der Waals surface area contributed by atoms with Crippen LogP contribution in [0.3, 0.4) is 0 Å². The first-order valence-electron chi connectivity index (χ1n) is 9.70. The van der Waals surface area contributed by atoms with E-state index in [1.54, 1.807) is 0 Å². The summed E-state index contributed by atoms with van der Waals surface area (Å²) >= 11 is 0. The molecule has 0 amide bonds. The summed E-state index contributed by atoms with van der Waals surface area (Å²) in [7, 11) is 0. The minimum absolute atomic E-state index is 0. The molecule has 0 atom stereocenters. The quantitative estimate of drug-likeness (QED) is 0.258. The lowest BCUT2D eigenvalue weighted by molar-refractivity contribution is 0.0377. The third-order valence-electron chi connectivity index (χ3n) is 4.92. The van der Waals surface area contributed by atoms with Gasteiger partial charge in [0.05, 0.1) is 13.2 Å². The van der Waals surface area contributed by atoms with Gasteiger partial charge in [-0.1, -0.05) is 32.1 Å². The first kappa shape index (κ1) is 22.0. The van der Waals surface area contributed by atoms with Gasteiger partial charge in [-0.3, -0.25) is 9.89 Å². The summed E-state index contributed by atoms with van der Waals surface area (Å²) in [5.74, 6) is 1.92. The zero-order valence-corrected chi connectivity index (χ0v) is 17.7. The van der Waals surface area contributed by atoms with Gasteiger partial charge in [-0.2, -0.15) is 0 Å². The lowest BCUT2D eigenvalue weighted by Crippen LogP contribution is -2.39. The molecule has 24 heavy (non-hydrogen) atoms. The number of ether oxygens (including phenoxy) is 1. The van der Waals surface area contributed by atoms with Crippen molar-refractivity contribution in [1.82, 2.24) is 15.5 Å². The molecular weight excluding hydrogens is 415 g/mol. The molecule has 1 heterocycles. The third kappa shape index (κ3) is 9.42. The summed E-state index contributed by atoms with van der Waals surface area (Å²) < 4.78 is 5.38.